The highest BCUT2D eigenvalue weighted by atomic mass is 16.5. The Labute approximate surface area is 108 Å². The third kappa shape index (κ3) is 2.02. The molecule has 0 radical (unpaired) electrons. The van der Waals surface area contributed by atoms with Crippen LogP contribution in [-0.4, -0.2) is 33.4 Å². The van der Waals surface area contributed by atoms with Gasteiger partial charge in [-0.3, -0.25) is 0 Å². The summed E-state index contributed by atoms with van der Waals surface area (Å²) >= 11 is 0. The Kier molecular flexibility index (Phi) is 3.27. The topological polar surface area (TPSA) is 30.5 Å². The smallest absolute Gasteiger partial charge is 0.122 e. The lowest BCUT2D eigenvalue weighted by Crippen LogP contribution is -2.48. The highest BCUT2D eigenvalue weighted by molar-refractivity contribution is 5.41. The molecule has 0 bridgehead atoms. The van der Waals surface area contributed by atoms with E-state index in [1.54, 1.807) is 7.11 Å². The van der Waals surface area contributed by atoms with Gasteiger partial charge in [-0.05, 0) is 37.9 Å². The quantitative estimate of drug-likeness (QED) is 0.882. The van der Waals surface area contributed by atoms with Crippen LogP contribution in [0.5, 0.6) is 5.75 Å². The highest BCUT2D eigenvalue weighted by Crippen LogP contribution is 2.43. The molecule has 2 fully saturated rings. The van der Waals surface area contributed by atoms with Crippen LogP contribution < -0.4 is 10.1 Å². The van der Waals surface area contributed by atoms with Crippen molar-refractivity contribution in [1.82, 2.24) is 5.32 Å². The fourth-order valence-corrected chi connectivity index (χ4v) is 3.26. The zero-order valence-corrected chi connectivity index (χ0v) is 10.9. The maximum atomic E-state index is 5.53. The van der Waals surface area contributed by atoms with Crippen LogP contribution in [0.4, 0.5) is 0 Å². The van der Waals surface area contributed by atoms with Crippen LogP contribution in [0.3, 0.4) is 0 Å². The molecule has 0 saturated carbocycles. The van der Waals surface area contributed by atoms with E-state index in [0.717, 1.165) is 38.0 Å². The molecule has 2 aliphatic heterocycles. The van der Waals surface area contributed by atoms with E-state index in [9.17, 15) is 0 Å². The predicted octanol–water partition coefficient (Wildman–Crippen LogP) is 1.96. The summed E-state index contributed by atoms with van der Waals surface area (Å²) < 4.78 is 11.0. The van der Waals surface area contributed by atoms with Gasteiger partial charge in [-0.2, -0.15) is 0 Å². The first-order valence-electron chi connectivity index (χ1n) is 6.76. The molecule has 0 aromatic heterocycles. The normalized spacial score (nSPS) is 25.7. The molecule has 1 aromatic rings. The summed E-state index contributed by atoms with van der Waals surface area (Å²) in [7, 11) is 1.75. The summed E-state index contributed by atoms with van der Waals surface area (Å²) in [5.74, 6) is 1.78. The average Bonchev–Trinajstić information content (AvgIpc) is 2.86. The van der Waals surface area contributed by atoms with Gasteiger partial charge in [0, 0.05) is 11.0 Å². The van der Waals surface area contributed by atoms with E-state index < -0.39 is 0 Å². The third-order valence-electron chi connectivity index (χ3n) is 4.28. The van der Waals surface area contributed by atoms with Crippen LogP contribution in [0.15, 0.2) is 24.3 Å². The number of rotatable bonds is 4. The summed E-state index contributed by atoms with van der Waals surface area (Å²) in [6.07, 6.45) is 2.50. The van der Waals surface area contributed by atoms with Gasteiger partial charge in [0.05, 0.1) is 20.3 Å². The first-order valence-corrected chi connectivity index (χ1v) is 6.76. The van der Waals surface area contributed by atoms with Crippen molar-refractivity contribution < 1.29 is 9.47 Å². The van der Waals surface area contributed by atoms with E-state index in [1.165, 1.54) is 18.4 Å². The standard InChI is InChI=1S/C15H21NO2/c1-17-14-5-3-2-4-13(14)15(10-18-11-15)8-12-6-7-16-9-12/h2-5,12,16H,6-11H2,1H3. The Bertz CT molecular complexity index is 409. The van der Waals surface area contributed by atoms with Gasteiger partial charge in [-0.25, -0.2) is 0 Å². The summed E-state index contributed by atoms with van der Waals surface area (Å²) in [5, 5.41) is 3.45. The molecule has 1 N–H and O–H groups in total. The lowest BCUT2D eigenvalue weighted by molar-refractivity contribution is -0.0714. The molecule has 2 heterocycles. The Hall–Kier alpha value is -1.06. The molecule has 2 saturated heterocycles. The van der Waals surface area contributed by atoms with Crippen LogP contribution >= 0.6 is 0 Å². The van der Waals surface area contributed by atoms with E-state index in [-0.39, 0.29) is 5.41 Å². The fraction of sp³-hybridized carbons (Fsp3) is 0.600. The highest BCUT2D eigenvalue weighted by Gasteiger charge is 2.44. The van der Waals surface area contributed by atoms with Gasteiger partial charge in [-0.15, -0.1) is 0 Å². The van der Waals surface area contributed by atoms with E-state index in [0.29, 0.717) is 0 Å². The monoisotopic (exact) mass is 247 g/mol. The molecule has 1 unspecified atom stereocenters. The summed E-state index contributed by atoms with van der Waals surface area (Å²) in [4.78, 5) is 0. The molecule has 1 atom stereocenters. The predicted molar refractivity (Wildman–Crippen MR) is 71.1 cm³/mol. The van der Waals surface area contributed by atoms with Crippen LogP contribution in [0.1, 0.15) is 18.4 Å². The lowest BCUT2D eigenvalue weighted by Gasteiger charge is -2.44. The Morgan fingerprint density at radius 1 is 1.39 bits per heavy atom. The zero-order chi connectivity index (χ0) is 12.4. The fourth-order valence-electron chi connectivity index (χ4n) is 3.26. The van der Waals surface area contributed by atoms with Gasteiger partial charge >= 0.3 is 0 Å². The van der Waals surface area contributed by atoms with Crippen molar-refractivity contribution >= 4 is 0 Å². The minimum atomic E-state index is 0.184. The van der Waals surface area contributed by atoms with Crippen molar-refractivity contribution in [2.24, 2.45) is 5.92 Å². The number of methoxy groups -OCH3 is 1. The van der Waals surface area contributed by atoms with Gasteiger partial charge in [0.25, 0.3) is 0 Å². The van der Waals surface area contributed by atoms with E-state index in [1.807, 2.05) is 6.07 Å². The molecule has 2 aliphatic rings. The zero-order valence-electron chi connectivity index (χ0n) is 10.9. The van der Waals surface area contributed by atoms with Crippen molar-refractivity contribution in [3.63, 3.8) is 0 Å². The van der Waals surface area contributed by atoms with Crippen molar-refractivity contribution in [3.05, 3.63) is 29.8 Å². The average molecular weight is 247 g/mol. The Morgan fingerprint density at radius 3 is 2.83 bits per heavy atom. The molecule has 0 spiro atoms. The van der Waals surface area contributed by atoms with Crippen LogP contribution in [0, 0.1) is 5.92 Å². The lowest BCUT2D eigenvalue weighted by atomic mass is 9.71. The maximum Gasteiger partial charge on any atom is 0.122 e. The van der Waals surface area contributed by atoms with Gasteiger partial charge in [0.1, 0.15) is 5.75 Å². The second-order valence-corrected chi connectivity index (χ2v) is 5.54. The van der Waals surface area contributed by atoms with Gasteiger partial charge in [0.15, 0.2) is 0 Å². The summed E-state index contributed by atoms with van der Waals surface area (Å²) in [6.45, 7) is 3.98. The van der Waals surface area contributed by atoms with Crippen LogP contribution in [0.25, 0.3) is 0 Å². The molecule has 18 heavy (non-hydrogen) atoms. The van der Waals surface area contributed by atoms with Crippen molar-refractivity contribution in [2.75, 3.05) is 33.4 Å². The van der Waals surface area contributed by atoms with Crippen LogP contribution in [-0.2, 0) is 10.2 Å². The molecule has 3 rings (SSSR count). The number of hydrogen-bond acceptors (Lipinski definition) is 3. The number of para-hydroxylation sites is 1. The maximum absolute atomic E-state index is 5.53. The minimum Gasteiger partial charge on any atom is -0.496 e. The molecule has 0 aliphatic carbocycles. The SMILES string of the molecule is COc1ccccc1C1(CC2CCNC2)COC1. The van der Waals surface area contributed by atoms with Crippen molar-refractivity contribution in [1.29, 1.82) is 0 Å². The molecule has 0 amide bonds. The van der Waals surface area contributed by atoms with Crippen molar-refractivity contribution in [2.45, 2.75) is 18.3 Å². The van der Waals surface area contributed by atoms with Gasteiger partial charge in [-0.1, -0.05) is 18.2 Å². The number of ether oxygens (including phenoxy) is 2. The third-order valence-corrected chi connectivity index (χ3v) is 4.28. The van der Waals surface area contributed by atoms with E-state index in [2.05, 4.69) is 23.5 Å². The first-order chi connectivity index (χ1) is 8.84. The first kappa shape index (κ1) is 12.0. The van der Waals surface area contributed by atoms with Crippen molar-refractivity contribution in [3.8, 4) is 5.75 Å². The molecular weight excluding hydrogens is 226 g/mol. The Balaban J connectivity index is 1.85. The van der Waals surface area contributed by atoms with Gasteiger partial charge < -0.3 is 14.8 Å². The second-order valence-electron chi connectivity index (χ2n) is 5.54. The molecule has 98 valence electrons. The molecular formula is C15H21NO2. The van der Waals surface area contributed by atoms with E-state index in [4.69, 9.17) is 9.47 Å². The number of benzene rings is 1. The van der Waals surface area contributed by atoms with Gasteiger partial charge in [0.2, 0.25) is 0 Å². The largest absolute Gasteiger partial charge is 0.496 e. The molecule has 3 nitrogen and oxygen atoms in total. The Morgan fingerprint density at radius 2 is 2.22 bits per heavy atom. The van der Waals surface area contributed by atoms with Crippen LogP contribution in [0.2, 0.25) is 0 Å². The van der Waals surface area contributed by atoms with E-state index >= 15 is 0 Å². The molecule has 1 aromatic carbocycles. The summed E-state index contributed by atoms with van der Waals surface area (Å²) in [6, 6.07) is 8.39. The number of nitrogens with one attached hydrogen (secondary N) is 1. The minimum absolute atomic E-state index is 0.184. The summed E-state index contributed by atoms with van der Waals surface area (Å²) in [5.41, 5.74) is 1.51. The second kappa shape index (κ2) is 4.90. The molecule has 3 heteroatoms. The number of hydrogen-bond donors (Lipinski definition) is 1.